The van der Waals surface area contributed by atoms with Crippen LogP contribution in [0.4, 0.5) is 0 Å². The second-order valence-electron chi connectivity index (χ2n) is 3.28. The minimum atomic E-state index is 0.00255. The summed E-state index contributed by atoms with van der Waals surface area (Å²) in [6.07, 6.45) is 0. The summed E-state index contributed by atoms with van der Waals surface area (Å²) in [7, 11) is 0. The summed E-state index contributed by atoms with van der Waals surface area (Å²) >= 11 is 0. The first-order valence-corrected chi connectivity index (χ1v) is 4.82. The highest BCUT2D eigenvalue weighted by molar-refractivity contribution is 5.88. The normalized spacial score (nSPS) is 20.8. The van der Waals surface area contributed by atoms with Crippen LogP contribution in [0.25, 0.3) is 0 Å². The van der Waals surface area contributed by atoms with Crippen LogP contribution in [0.15, 0.2) is 30.3 Å². The smallest absolute Gasteiger partial charge is 0.255 e. The van der Waals surface area contributed by atoms with Crippen molar-refractivity contribution < 1.29 is 9.63 Å². The molecule has 0 spiro atoms. The van der Waals surface area contributed by atoms with Crippen molar-refractivity contribution in [3.63, 3.8) is 0 Å². The molecule has 1 atom stereocenters. The molecule has 0 bridgehead atoms. The summed E-state index contributed by atoms with van der Waals surface area (Å²) in [6.45, 7) is 3.10. The van der Waals surface area contributed by atoms with E-state index in [1.165, 1.54) is 5.06 Å². The largest absolute Gasteiger partial charge is 0.272 e. The minimum Gasteiger partial charge on any atom is -0.272 e. The predicted molar refractivity (Wildman–Crippen MR) is 52.5 cm³/mol. The summed E-state index contributed by atoms with van der Waals surface area (Å²) in [5, 5.41) is 1.43. The zero-order valence-electron chi connectivity index (χ0n) is 8.14. The number of hydrogen-bond donors (Lipinski definition) is 0. The van der Waals surface area contributed by atoms with E-state index in [0.717, 1.165) is 5.56 Å². The number of β-lactam (4-membered cyclic amide) rings is 1. The summed E-state index contributed by atoms with van der Waals surface area (Å²) in [5.74, 6) is 0.0702. The molecule has 0 N–H and O–H groups in total. The van der Waals surface area contributed by atoms with Gasteiger partial charge in [0.25, 0.3) is 5.91 Å². The van der Waals surface area contributed by atoms with Crippen LogP contribution in [0.3, 0.4) is 0 Å². The molecule has 1 heterocycles. The van der Waals surface area contributed by atoms with E-state index >= 15 is 0 Å². The number of hydrogen-bond acceptors (Lipinski definition) is 2. The number of hydroxylamine groups is 2. The van der Waals surface area contributed by atoms with Gasteiger partial charge in [-0.05, 0) is 12.5 Å². The molecular weight excluding hydrogens is 178 g/mol. The maximum Gasteiger partial charge on any atom is 0.255 e. The van der Waals surface area contributed by atoms with E-state index in [2.05, 4.69) is 0 Å². The first kappa shape index (κ1) is 9.21. The first-order chi connectivity index (χ1) is 6.83. The quantitative estimate of drug-likeness (QED) is 0.678. The molecule has 1 amide bonds. The number of benzene rings is 1. The summed E-state index contributed by atoms with van der Waals surface area (Å²) < 4.78 is 0. The van der Waals surface area contributed by atoms with E-state index in [4.69, 9.17) is 4.84 Å². The molecular formula is C11H13NO2. The van der Waals surface area contributed by atoms with E-state index in [0.29, 0.717) is 13.2 Å². The van der Waals surface area contributed by atoms with Gasteiger partial charge < -0.3 is 0 Å². The Morgan fingerprint density at radius 1 is 1.43 bits per heavy atom. The molecule has 1 saturated heterocycles. The lowest BCUT2D eigenvalue weighted by Crippen LogP contribution is -2.50. The summed E-state index contributed by atoms with van der Waals surface area (Å²) in [5.41, 5.74) is 1.08. The maximum absolute atomic E-state index is 11.6. The van der Waals surface area contributed by atoms with Gasteiger partial charge >= 0.3 is 0 Å². The highest BCUT2D eigenvalue weighted by Gasteiger charge is 2.38. The van der Waals surface area contributed by atoms with Crippen molar-refractivity contribution in [3.05, 3.63) is 35.9 Å². The average molecular weight is 191 g/mol. The van der Waals surface area contributed by atoms with Crippen molar-refractivity contribution in [2.75, 3.05) is 13.2 Å². The topological polar surface area (TPSA) is 29.5 Å². The molecule has 74 valence electrons. The highest BCUT2D eigenvalue weighted by Crippen LogP contribution is 2.28. The van der Waals surface area contributed by atoms with Crippen LogP contribution in [-0.4, -0.2) is 24.1 Å². The molecule has 1 aromatic carbocycles. The molecule has 14 heavy (non-hydrogen) atoms. The fourth-order valence-corrected chi connectivity index (χ4v) is 1.60. The van der Waals surface area contributed by atoms with Gasteiger partial charge in [-0.3, -0.25) is 9.63 Å². The molecule has 3 heteroatoms. The molecule has 0 aromatic heterocycles. The second kappa shape index (κ2) is 3.80. The fraction of sp³-hybridized carbons (Fsp3) is 0.364. The Balaban J connectivity index is 2.01. The van der Waals surface area contributed by atoms with Crippen LogP contribution in [-0.2, 0) is 9.63 Å². The SMILES string of the molecule is CCON1CC(c2ccccc2)C1=O. The van der Waals surface area contributed by atoms with Crippen LogP contribution in [0.2, 0.25) is 0 Å². The standard InChI is InChI=1S/C11H13NO2/c1-2-14-12-8-10(11(12)13)9-6-4-3-5-7-9/h3-7,10H,2,8H2,1H3. The summed E-state index contributed by atoms with van der Waals surface area (Å²) in [4.78, 5) is 16.7. The van der Waals surface area contributed by atoms with Gasteiger partial charge in [-0.25, -0.2) is 5.06 Å². The maximum atomic E-state index is 11.6. The van der Waals surface area contributed by atoms with Crippen molar-refractivity contribution in [2.45, 2.75) is 12.8 Å². The third-order valence-electron chi connectivity index (χ3n) is 2.38. The number of amides is 1. The van der Waals surface area contributed by atoms with Crippen LogP contribution in [0, 0.1) is 0 Å². The van der Waals surface area contributed by atoms with E-state index in [-0.39, 0.29) is 11.8 Å². The Bertz CT molecular complexity index is 323. The van der Waals surface area contributed by atoms with Gasteiger partial charge in [0.1, 0.15) is 0 Å². The van der Waals surface area contributed by atoms with Gasteiger partial charge in [-0.1, -0.05) is 30.3 Å². The van der Waals surface area contributed by atoms with Gasteiger partial charge in [0.2, 0.25) is 0 Å². The third-order valence-corrected chi connectivity index (χ3v) is 2.38. The number of carbonyl (C=O) groups is 1. The van der Waals surface area contributed by atoms with Gasteiger partial charge in [0, 0.05) is 0 Å². The molecule has 1 aliphatic heterocycles. The number of rotatable bonds is 3. The van der Waals surface area contributed by atoms with Crippen molar-refractivity contribution in [1.29, 1.82) is 0 Å². The third kappa shape index (κ3) is 1.51. The Hall–Kier alpha value is -1.35. The lowest BCUT2D eigenvalue weighted by atomic mass is 9.92. The zero-order chi connectivity index (χ0) is 9.97. The van der Waals surface area contributed by atoms with Gasteiger partial charge in [-0.2, -0.15) is 0 Å². The van der Waals surface area contributed by atoms with Crippen LogP contribution >= 0.6 is 0 Å². The van der Waals surface area contributed by atoms with E-state index in [1.54, 1.807) is 0 Å². The minimum absolute atomic E-state index is 0.00255. The molecule has 0 saturated carbocycles. The Morgan fingerprint density at radius 3 is 2.71 bits per heavy atom. The van der Waals surface area contributed by atoms with Crippen molar-refractivity contribution in [1.82, 2.24) is 5.06 Å². The zero-order valence-corrected chi connectivity index (χ0v) is 8.14. The molecule has 3 nitrogen and oxygen atoms in total. The molecule has 0 aliphatic carbocycles. The van der Waals surface area contributed by atoms with Crippen LogP contribution in [0.1, 0.15) is 18.4 Å². The van der Waals surface area contributed by atoms with Crippen molar-refractivity contribution in [3.8, 4) is 0 Å². The molecule has 1 unspecified atom stereocenters. The lowest BCUT2D eigenvalue weighted by molar-refractivity contribution is -0.210. The van der Waals surface area contributed by atoms with Crippen LogP contribution < -0.4 is 0 Å². The molecule has 2 rings (SSSR count). The Kier molecular flexibility index (Phi) is 2.50. The van der Waals surface area contributed by atoms with E-state index < -0.39 is 0 Å². The highest BCUT2D eigenvalue weighted by atomic mass is 16.7. The van der Waals surface area contributed by atoms with Crippen LogP contribution in [0.5, 0.6) is 0 Å². The Labute approximate surface area is 83.2 Å². The second-order valence-corrected chi connectivity index (χ2v) is 3.28. The number of nitrogens with zero attached hydrogens (tertiary/aromatic N) is 1. The lowest BCUT2D eigenvalue weighted by Gasteiger charge is -2.36. The Morgan fingerprint density at radius 2 is 2.14 bits per heavy atom. The predicted octanol–water partition coefficient (Wildman–Crippen LogP) is 1.56. The van der Waals surface area contributed by atoms with Gasteiger partial charge in [0.15, 0.2) is 0 Å². The summed E-state index contributed by atoms with van der Waals surface area (Å²) in [6, 6.07) is 9.81. The van der Waals surface area contributed by atoms with E-state index in [9.17, 15) is 4.79 Å². The van der Waals surface area contributed by atoms with Gasteiger partial charge in [-0.15, -0.1) is 0 Å². The average Bonchev–Trinajstić information content (AvgIpc) is 2.24. The fourth-order valence-electron chi connectivity index (χ4n) is 1.60. The molecule has 1 fully saturated rings. The molecule has 1 aliphatic rings. The van der Waals surface area contributed by atoms with Gasteiger partial charge in [0.05, 0.1) is 19.1 Å². The van der Waals surface area contributed by atoms with E-state index in [1.807, 2.05) is 37.3 Å². The number of carbonyl (C=O) groups excluding carboxylic acids is 1. The first-order valence-electron chi connectivity index (χ1n) is 4.82. The monoisotopic (exact) mass is 191 g/mol. The molecule has 1 aromatic rings. The van der Waals surface area contributed by atoms with Crippen molar-refractivity contribution in [2.24, 2.45) is 0 Å². The van der Waals surface area contributed by atoms with Crippen molar-refractivity contribution >= 4 is 5.91 Å². The molecule has 0 radical (unpaired) electrons.